The molecule has 0 aliphatic heterocycles. The number of anilines is 1. The van der Waals surface area contributed by atoms with Crippen molar-refractivity contribution in [1.29, 1.82) is 0 Å². The van der Waals surface area contributed by atoms with E-state index in [0.29, 0.717) is 12.0 Å². The summed E-state index contributed by atoms with van der Waals surface area (Å²) in [4.78, 5) is 8.79. The largest absolute Gasteiger partial charge is 0.369 e. The van der Waals surface area contributed by atoms with Gasteiger partial charge in [0.25, 0.3) is 0 Å². The lowest BCUT2D eigenvalue weighted by Gasteiger charge is -2.14. The van der Waals surface area contributed by atoms with Crippen molar-refractivity contribution in [3.05, 3.63) is 18.3 Å². The highest BCUT2D eigenvalue weighted by molar-refractivity contribution is 7.99. The van der Waals surface area contributed by atoms with E-state index < -0.39 is 0 Å². The zero-order chi connectivity index (χ0) is 11.8. The first-order chi connectivity index (χ1) is 8.29. The third-order valence-electron chi connectivity index (χ3n) is 3.53. The summed E-state index contributed by atoms with van der Waals surface area (Å²) < 4.78 is 2.12. The number of pyridine rings is 1. The molecule has 1 fully saturated rings. The van der Waals surface area contributed by atoms with Crippen LogP contribution in [0.25, 0.3) is 11.2 Å². The van der Waals surface area contributed by atoms with Crippen LogP contribution in [0.1, 0.15) is 25.3 Å². The van der Waals surface area contributed by atoms with Crippen LogP contribution in [0.3, 0.4) is 0 Å². The monoisotopic (exact) mass is 248 g/mol. The summed E-state index contributed by atoms with van der Waals surface area (Å²) in [6, 6.07) is 4.33. The molecule has 17 heavy (non-hydrogen) atoms. The summed E-state index contributed by atoms with van der Waals surface area (Å²) in [6.07, 6.45) is 7.60. The molecule has 1 aliphatic carbocycles. The van der Waals surface area contributed by atoms with Gasteiger partial charge in [0, 0.05) is 17.5 Å². The molecular formula is C12H16N4S. The maximum absolute atomic E-state index is 6.03. The van der Waals surface area contributed by atoms with Gasteiger partial charge in [-0.2, -0.15) is 11.8 Å². The number of hydrogen-bond donors (Lipinski definition) is 1. The Kier molecular flexibility index (Phi) is 2.70. The Morgan fingerprint density at radius 1 is 1.47 bits per heavy atom. The third-order valence-corrected chi connectivity index (χ3v) is 4.63. The molecule has 0 spiro atoms. The predicted octanol–water partition coefficient (Wildman–Crippen LogP) is 2.47. The fourth-order valence-electron chi connectivity index (χ4n) is 2.67. The molecule has 2 unspecified atom stereocenters. The number of rotatable bonds is 2. The van der Waals surface area contributed by atoms with Gasteiger partial charge in [-0.3, -0.25) is 4.57 Å². The van der Waals surface area contributed by atoms with Crippen LogP contribution < -0.4 is 5.73 Å². The molecule has 1 saturated carbocycles. The smallest absolute Gasteiger partial charge is 0.202 e. The van der Waals surface area contributed by atoms with Gasteiger partial charge in [-0.25, -0.2) is 9.97 Å². The normalized spacial score (nSPS) is 24.5. The number of imidazole rings is 1. The van der Waals surface area contributed by atoms with E-state index >= 15 is 0 Å². The minimum atomic E-state index is 0.465. The van der Waals surface area contributed by atoms with E-state index in [1.165, 1.54) is 19.3 Å². The van der Waals surface area contributed by atoms with Gasteiger partial charge in [0.2, 0.25) is 5.95 Å². The van der Waals surface area contributed by atoms with Crippen LogP contribution in [-0.2, 0) is 0 Å². The summed E-state index contributed by atoms with van der Waals surface area (Å²) in [5.74, 6) is 0.602. The lowest BCUT2D eigenvalue weighted by Crippen LogP contribution is -2.10. The molecule has 0 saturated heterocycles. The molecule has 2 aromatic rings. The molecule has 2 aromatic heterocycles. The number of nitrogens with zero attached hydrogens (tertiary/aromatic N) is 3. The molecule has 2 heterocycles. The first-order valence-corrected chi connectivity index (χ1v) is 7.19. The van der Waals surface area contributed by atoms with E-state index in [1.807, 2.05) is 23.9 Å². The lowest BCUT2D eigenvalue weighted by molar-refractivity contribution is 0.537. The van der Waals surface area contributed by atoms with Gasteiger partial charge in [0.1, 0.15) is 5.52 Å². The minimum absolute atomic E-state index is 0.465. The summed E-state index contributed by atoms with van der Waals surface area (Å²) in [5.41, 5.74) is 7.85. The van der Waals surface area contributed by atoms with Crippen LogP contribution >= 0.6 is 11.8 Å². The van der Waals surface area contributed by atoms with Crippen LogP contribution in [-0.4, -0.2) is 26.0 Å². The second-order valence-corrected chi connectivity index (χ2v) is 5.65. The Bertz CT molecular complexity index is 536. The van der Waals surface area contributed by atoms with Crippen molar-refractivity contribution in [2.45, 2.75) is 30.6 Å². The number of fused-ring (bicyclic) bond motifs is 1. The van der Waals surface area contributed by atoms with Gasteiger partial charge in [-0.1, -0.05) is 0 Å². The van der Waals surface area contributed by atoms with Crippen molar-refractivity contribution < 1.29 is 0 Å². The first-order valence-electron chi connectivity index (χ1n) is 5.91. The summed E-state index contributed by atoms with van der Waals surface area (Å²) in [6.45, 7) is 0. The maximum atomic E-state index is 6.03. The van der Waals surface area contributed by atoms with Crippen molar-refractivity contribution in [3.63, 3.8) is 0 Å². The fraction of sp³-hybridized carbons (Fsp3) is 0.500. The van der Waals surface area contributed by atoms with E-state index in [-0.39, 0.29) is 0 Å². The Morgan fingerprint density at radius 2 is 2.35 bits per heavy atom. The van der Waals surface area contributed by atoms with Gasteiger partial charge < -0.3 is 5.73 Å². The molecule has 0 aromatic carbocycles. The lowest BCUT2D eigenvalue weighted by atomic mass is 10.2. The van der Waals surface area contributed by atoms with Crippen molar-refractivity contribution in [2.75, 3.05) is 12.0 Å². The van der Waals surface area contributed by atoms with E-state index in [4.69, 9.17) is 5.73 Å². The third kappa shape index (κ3) is 1.78. The van der Waals surface area contributed by atoms with Crippen LogP contribution in [0.4, 0.5) is 5.95 Å². The Labute approximate surface area is 105 Å². The SMILES string of the molecule is CSC1CCC(n2c(N)nc3cccnc32)C1. The number of thioether (sulfide) groups is 1. The Balaban J connectivity index is 2.02. The topological polar surface area (TPSA) is 56.7 Å². The molecule has 2 N–H and O–H groups in total. The number of nitrogens with two attached hydrogens (primary N) is 1. The highest BCUT2D eigenvalue weighted by atomic mass is 32.2. The standard InChI is InChI=1S/C12H16N4S/c1-17-9-5-4-8(7-9)16-11-10(15-12(16)13)3-2-6-14-11/h2-3,6,8-9H,4-5,7H2,1H3,(H2,13,15). The van der Waals surface area contributed by atoms with Crippen molar-refractivity contribution >= 4 is 28.9 Å². The molecule has 3 rings (SSSR count). The fourth-order valence-corrected chi connectivity index (χ4v) is 3.46. The number of nitrogen functional groups attached to an aromatic ring is 1. The van der Waals surface area contributed by atoms with Crippen LogP contribution in [0.15, 0.2) is 18.3 Å². The zero-order valence-corrected chi connectivity index (χ0v) is 10.7. The number of hydrogen-bond acceptors (Lipinski definition) is 4. The first kappa shape index (κ1) is 10.9. The molecule has 2 atom stereocenters. The van der Waals surface area contributed by atoms with Gasteiger partial charge in [0.15, 0.2) is 5.65 Å². The Hall–Kier alpha value is -1.23. The van der Waals surface area contributed by atoms with Crippen molar-refractivity contribution in [3.8, 4) is 0 Å². The Morgan fingerprint density at radius 3 is 3.12 bits per heavy atom. The highest BCUT2D eigenvalue weighted by Gasteiger charge is 2.28. The van der Waals surface area contributed by atoms with Crippen molar-refractivity contribution in [1.82, 2.24) is 14.5 Å². The summed E-state index contributed by atoms with van der Waals surface area (Å²) in [7, 11) is 0. The maximum Gasteiger partial charge on any atom is 0.202 e. The number of aromatic nitrogens is 3. The molecule has 5 heteroatoms. The molecule has 0 radical (unpaired) electrons. The van der Waals surface area contributed by atoms with E-state index in [1.54, 1.807) is 6.20 Å². The van der Waals surface area contributed by atoms with Crippen LogP contribution in [0, 0.1) is 0 Å². The predicted molar refractivity (Wildman–Crippen MR) is 72.1 cm³/mol. The van der Waals surface area contributed by atoms with Gasteiger partial charge >= 0.3 is 0 Å². The molecule has 0 bridgehead atoms. The van der Waals surface area contributed by atoms with E-state index in [0.717, 1.165) is 16.4 Å². The molecular weight excluding hydrogens is 232 g/mol. The zero-order valence-electron chi connectivity index (χ0n) is 9.84. The van der Waals surface area contributed by atoms with E-state index in [2.05, 4.69) is 20.8 Å². The van der Waals surface area contributed by atoms with Crippen LogP contribution in [0.2, 0.25) is 0 Å². The minimum Gasteiger partial charge on any atom is -0.369 e. The van der Waals surface area contributed by atoms with Gasteiger partial charge in [-0.15, -0.1) is 0 Å². The summed E-state index contributed by atoms with van der Waals surface area (Å²) in [5, 5.41) is 0.751. The average Bonchev–Trinajstić information content (AvgIpc) is 2.91. The van der Waals surface area contributed by atoms with E-state index in [9.17, 15) is 0 Å². The van der Waals surface area contributed by atoms with Crippen molar-refractivity contribution in [2.24, 2.45) is 0 Å². The second-order valence-electron chi connectivity index (χ2n) is 4.51. The van der Waals surface area contributed by atoms with Crippen LogP contribution in [0.5, 0.6) is 0 Å². The molecule has 90 valence electrons. The average molecular weight is 248 g/mol. The summed E-state index contributed by atoms with van der Waals surface area (Å²) >= 11 is 1.95. The molecule has 4 nitrogen and oxygen atoms in total. The highest BCUT2D eigenvalue weighted by Crippen LogP contribution is 2.38. The van der Waals surface area contributed by atoms with Gasteiger partial charge in [0.05, 0.1) is 0 Å². The quantitative estimate of drug-likeness (QED) is 0.887. The van der Waals surface area contributed by atoms with Gasteiger partial charge in [-0.05, 0) is 37.7 Å². The molecule has 1 aliphatic rings. The second kappa shape index (κ2) is 4.22. The molecule has 0 amide bonds.